The largest absolute Gasteiger partial charge is 0.391 e. The number of aliphatic hydroxyl groups excluding tert-OH is 1. The molecule has 4 heteroatoms. The van der Waals surface area contributed by atoms with Gasteiger partial charge in [0.2, 0.25) is 0 Å². The second-order valence-electron chi connectivity index (χ2n) is 2.03. The van der Waals surface area contributed by atoms with Crippen molar-refractivity contribution in [2.45, 2.75) is 20.1 Å². The molecule has 0 aliphatic rings. The van der Waals surface area contributed by atoms with Gasteiger partial charge in [-0.2, -0.15) is 5.10 Å². The number of anilines is 1. The minimum atomic E-state index is -0.0359. The zero-order valence-corrected chi connectivity index (χ0v) is 5.91. The zero-order valence-electron chi connectivity index (χ0n) is 5.91. The molecule has 10 heavy (non-hydrogen) atoms. The molecule has 0 aromatic carbocycles. The third-order valence-electron chi connectivity index (χ3n) is 1.43. The Morgan fingerprint density at radius 3 is 2.80 bits per heavy atom. The number of rotatable bonds is 2. The summed E-state index contributed by atoms with van der Waals surface area (Å²) in [4.78, 5) is 0. The van der Waals surface area contributed by atoms with Gasteiger partial charge in [0, 0.05) is 12.1 Å². The van der Waals surface area contributed by atoms with E-state index in [9.17, 15) is 0 Å². The Hall–Kier alpha value is -1.03. The molecule has 0 atom stereocenters. The summed E-state index contributed by atoms with van der Waals surface area (Å²) >= 11 is 0. The number of nitrogen functional groups attached to an aromatic ring is 1. The van der Waals surface area contributed by atoms with Gasteiger partial charge < -0.3 is 10.8 Å². The SMILES string of the molecule is CCn1ncc(CO)c1N. The summed E-state index contributed by atoms with van der Waals surface area (Å²) < 4.78 is 1.64. The maximum atomic E-state index is 8.69. The van der Waals surface area contributed by atoms with Crippen LogP contribution in [0.4, 0.5) is 5.82 Å². The van der Waals surface area contributed by atoms with E-state index in [1.807, 2.05) is 6.92 Å². The van der Waals surface area contributed by atoms with Crippen LogP contribution in [-0.4, -0.2) is 14.9 Å². The van der Waals surface area contributed by atoms with Crippen molar-refractivity contribution in [2.75, 3.05) is 5.73 Å². The fraction of sp³-hybridized carbons (Fsp3) is 0.500. The summed E-state index contributed by atoms with van der Waals surface area (Å²) in [7, 11) is 0. The Balaban J connectivity index is 2.97. The molecule has 0 radical (unpaired) electrons. The molecule has 1 aromatic heterocycles. The first kappa shape index (κ1) is 7.08. The molecule has 1 aromatic rings. The number of nitrogens with two attached hydrogens (primary N) is 1. The highest BCUT2D eigenvalue weighted by Crippen LogP contribution is 2.09. The molecule has 0 bridgehead atoms. The van der Waals surface area contributed by atoms with Crippen molar-refractivity contribution in [2.24, 2.45) is 0 Å². The van der Waals surface area contributed by atoms with Crippen LogP contribution >= 0.6 is 0 Å². The first-order chi connectivity index (χ1) is 4.79. The van der Waals surface area contributed by atoms with Gasteiger partial charge in [0.25, 0.3) is 0 Å². The number of aryl methyl sites for hydroxylation is 1. The number of hydrogen-bond acceptors (Lipinski definition) is 3. The van der Waals surface area contributed by atoms with E-state index in [2.05, 4.69) is 5.10 Å². The standard InChI is InChI=1S/C6H11N3O/c1-2-9-6(7)5(4-10)3-8-9/h3,10H,2,4,7H2,1H3. The van der Waals surface area contributed by atoms with Gasteiger partial charge in [-0.3, -0.25) is 4.68 Å². The second kappa shape index (κ2) is 2.70. The maximum Gasteiger partial charge on any atom is 0.127 e. The third kappa shape index (κ3) is 0.974. The molecule has 0 spiro atoms. The average Bonchev–Trinajstić information content (AvgIpc) is 2.30. The van der Waals surface area contributed by atoms with Gasteiger partial charge in [0.1, 0.15) is 5.82 Å². The molecule has 0 aliphatic heterocycles. The highest BCUT2D eigenvalue weighted by Gasteiger charge is 2.02. The van der Waals surface area contributed by atoms with Crippen molar-refractivity contribution in [3.05, 3.63) is 11.8 Å². The lowest BCUT2D eigenvalue weighted by Crippen LogP contribution is -2.03. The fourth-order valence-corrected chi connectivity index (χ4v) is 0.807. The lowest BCUT2D eigenvalue weighted by atomic mass is 10.3. The van der Waals surface area contributed by atoms with Crippen LogP contribution in [-0.2, 0) is 13.2 Å². The molecule has 3 N–H and O–H groups in total. The van der Waals surface area contributed by atoms with Gasteiger partial charge in [-0.25, -0.2) is 0 Å². The number of aliphatic hydroxyl groups is 1. The van der Waals surface area contributed by atoms with Crippen LogP contribution < -0.4 is 5.73 Å². The van der Waals surface area contributed by atoms with E-state index < -0.39 is 0 Å². The van der Waals surface area contributed by atoms with E-state index in [0.29, 0.717) is 11.4 Å². The number of nitrogens with zero attached hydrogens (tertiary/aromatic N) is 2. The summed E-state index contributed by atoms with van der Waals surface area (Å²) in [6.45, 7) is 2.65. The number of aromatic nitrogens is 2. The lowest BCUT2D eigenvalue weighted by molar-refractivity contribution is 0.282. The third-order valence-corrected chi connectivity index (χ3v) is 1.43. The van der Waals surface area contributed by atoms with E-state index in [1.165, 1.54) is 0 Å². The maximum absolute atomic E-state index is 8.69. The fourth-order valence-electron chi connectivity index (χ4n) is 0.807. The van der Waals surface area contributed by atoms with Crippen LogP contribution in [0.15, 0.2) is 6.20 Å². The van der Waals surface area contributed by atoms with Crippen molar-refractivity contribution >= 4 is 5.82 Å². The molecule has 0 fully saturated rings. The van der Waals surface area contributed by atoms with E-state index in [0.717, 1.165) is 6.54 Å². The topological polar surface area (TPSA) is 64.1 Å². The van der Waals surface area contributed by atoms with Crippen molar-refractivity contribution in [3.63, 3.8) is 0 Å². The molecule has 1 heterocycles. The quantitative estimate of drug-likeness (QED) is 0.608. The zero-order chi connectivity index (χ0) is 7.56. The summed E-state index contributed by atoms with van der Waals surface area (Å²) in [6, 6.07) is 0. The molecule has 0 amide bonds. The minimum absolute atomic E-state index is 0.0359. The lowest BCUT2D eigenvalue weighted by Gasteiger charge is -1.98. The van der Waals surface area contributed by atoms with Crippen LogP contribution in [0.25, 0.3) is 0 Å². The average molecular weight is 141 g/mol. The summed E-state index contributed by atoms with van der Waals surface area (Å²) in [5, 5.41) is 12.6. The number of hydrogen-bond donors (Lipinski definition) is 2. The van der Waals surface area contributed by atoms with Gasteiger partial charge in [-0.05, 0) is 6.92 Å². The molecular formula is C6H11N3O. The highest BCUT2D eigenvalue weighted by molar-refractivity contribution is 5.37. The van der Waals surface area contributed by atoms with Crippen LogP contribution in [0.5, 0.6) is 0 Å². The molecule has 0 saturated heterocycles. The second-order valence-corrected chi connectivity index (χ2v) is 2.03. The monoisotopic (exact) mass is 141 g/mol. The Morgan fingerprint density at radius 2 is 2.50 bits per heavy atom. The van der Waals surface area contributed by atoms with E-state index in [1.54, 1.807) is 10.9 Å². The first-order valence-electron chi connectivity index (χ1n) is 3.20. The van der Waals surface area contributed by atoms with Crippen LogP contribution in [0.1, 0.15) is 12.5 Å². The molecule has 1 rings (SSSR count). The Labute approximate surface area is 59.3 Å². The smallest absolute Gasteiger partial charge is 0.127 e. The molecular weight excluding hydrogens is 130 g/mol. The van der Waals surface area contributed by atoms with Gasteiger partial charge in [0.05, 0.1) is 12.8 Å². The highest BCUT2D eigenvalue weighted by atomic mass is 16.3. The van der Waals surface area contributed by atoms with Gasteiger partial charge in [-0.15, -0.1) is 0 Å². The van der Waals surface area contributed by atoms with Crippen LogP contribution in [0.3, 0.4) is 0 Å². The van der Waals surface area contributed by atoms with E-state index >= 15 is 0 Å². The van der Waals surface area contributed by atoms with Crippen molar-refractivity contribution in [3.8, 4) is 0 Å². The van der Waals surface area contributed by atoms with Gasteiger partial charge in [-0.1, -0.05) is 0 Å². The van der Waals surface area contributed by atoms with Crippen molar-refractivity contribution in [1.82, 2.24) is 9.78 Å². The van der Waals surface area contributed by atoms with Gasteiger partial charge >= 0.3 is 0 Å². The van der Waals surface area contributed by atoms with E-state index in [-0.39, 0.29) is 6.61 Å². The Bertz CT molecular complexity index is 197. The van der Waals surface area contributed by atoms with Crippen molar-refractivity contribution in [1.29, 1.82) is 0 Å². The molecule has 4 nitrogen and oxygen atoms in total. The predicted octanol–water partition coefficient (Wildman–Crippen LogP) is -0.0225. The summed E-state index contributed by atoms with van der Waals surface area (Å²) in [5.41, 5.74) is 6.26. The normalized spacial score (nSPS) is 10.2. The molecule has 0 unspecified atom stereocenters. The van der Waals surface area contributed by atoms with Crippen molar-refractivity contribution < 1.29 is 5.11 Å². The summed E-state index contributed by atoms with van der Waals surface area (Å²) in [5.74, 6) is 0.560. The molecule has 0 saturated carbocycles. The van der Waals surface area contributed by atoms with Crippen LogP contribution in [0.2, 0.25) is 0 Å². The Morgan fingerprint density at radius 1 is 1.80 bits per heavy atom. The van der Waals surface area contributed by atoms with Gasteiger partial charge in [0.15, 0.2) is 0 Å². The molecule has 56 valence electrons. The minimum Gasteiger partial charge on any atom is -0.391 e. The first-order valence-corrected chi connectivity index (χ1v) is 3.20. The molecule has 0 aliphatic carbocycles. The Kier molecular flexibility index (Phi) is 1.91. The summed E-state index contributed by atoms with van der Waals surface area (Å²) in [6.07, 6.45) is 1.58. The van der Waals surface area contributed by atoms with Crippen LogP contribution in [0, 0.1) is 0 Å². The predicted molar refractivity (Wildman–Crippen MR) is 38.2 cm³/mol. The van der Waals surface area contributed by atoms with E-state index in [4.69, 9.17) is 10.8 Å².